The van der Waals surface area contributed by atoms with Crippen LogP contribution in [0, 0.1) is 17.1 Å². The predicted molar refractivity (Wildman–Crippen MR) is 76.3 cm³/mol. The highest BCUT2D eigenvalue weighted by Crippen LogP contribution is 2.29. The van der Waals surface area contributed by atoms with E-state index in [0.717, 1.165) is 38.9 Å². The average molecular weight is 290 g/mol. The van der Waals surface area contributed by atoms with Crippen molar-refractivity contribution in [3.05, 3.63) is 23.6 Å². The van der Waals surface area contributed by atoms with E-state index in [1.54, 1.807) is 0 Å². The van der Waals surface area contributed by atoms with Crippen molar-refractivity contribution in [2.24, 2.45) is 0 Å². The second-order valence-corrected chi connectivity index (χ2v) is 5.74. The normalized spacial score (nSPS) is 26.2. The van der Waals surface area contributed by atoms with E-state index in [-0.39, 0.29) is 18.2 Å². The molecule has 2 aliphatic heterocycles. The largest absolute Gasteiger partial charge is 0.395 e. The summed E-state index contributed by atoms with van der Waals surface area (Å²) in [5, 5.41) is 18.6. The fraction of sp³-hybridized carbons (Fsp3) is 0.600. The van der Waals surface area contributed by atoms with Gasteiger partial charge in [0.25, 0.3) is 0 Å². The first kappa shape index (κ1) is 14.2. The van der Waals surface area contributed by atoms with Crippen LogP contribution in [0.5, 0.6) is 0 Å². The van der Waals surface area contributed by atoms with Gasteiger partial charge in [-0.25, -0.2) is 9.37 Å². The fourth-order valence-corrected chi connectivity index (χ4v) is 3.52. The highest BCUT2D eigenvalue weighted by Gasteiger charge is 2.35. The van der Waals surface area contributed by atoms with Crippen molar-refractivity contribution in [2.45, 2.75) is 31.3 Å². The number of piperazine rings is 1. The fourth-order valence-electron chi connectivity index (χ4n) is 3.52. The lowest BCUT2D eigenvalue weighted by Crippen LogP contribution is -2.59. The third-order valence-electron chi connectivity index (χ3n) is 4.54. The topological polar surface area (TPSA) is 63.4 Å². The van der Waals surface area contributed by atoms with Gasteiger partial charge >= 0.3 is 0 Å². The molecule has 2 fully saturated rings. The van der Waals surface area contributed by atoms with Gasteiger partial charge in [-0.1, -0.05) is 6.42 Å². The zero-order valence-electron chi connectivity index (χ0n) is 11.9. The van der Waals surface area contributed by atoms with E-state index < -0.39 is 5.82 Å². The van der Waals surface area contributed by atoms with Crippen LogP contribution in [-0.2, 0) is 0 Å². The molecule has 0 amide bonds. The first-order chi connectivity index (χ1) is 10.2. The van der Waals surface area contributed by atoms with E-state index in [1.165, 1.54) is 12.3 Å². The highest BCUT2D eigenvalue weighted by atomic mass is 19.1. The summed E-state index contributed by atoms with van der Waals surface area (Å²) in [6.07, 6.45) is 4.42. The van der Waals surface area contributed by atoms with Crippen molar-refractivity contribution < 1.29 is 9.50 Å². The van der Waals surface area contributed by atoms with E-state index in [0.29, 0.717) is 11.9 Å². The summed E-state index contributed by atoms with van der Waals surface area (Å²) >= 11 is 0. The molecule has 0 spiro atoms. The van der Waals surface area contributed by atoms with Gasteiger partial charge < -0.3 is 10.0 Å². The predicted octanol–water partition coefficient (Wildman–Crippen LogP) is 1.13. The molecule has 1 N–H and O–H groups in total. The van der Waals surface area contributed by atoms with Crippen LogP contribution in [0.3, 0.4) is 0 Å². The van der Waals surface area contributed by atoms with Crippen LogP contribution >= 0.6 is 0 Å². The van der Waals surface area contributed by atoms with Gasteiger partial charge in [-0.3, -0.25) is 4.90 Å². The minimum absolute atomic E-state index is 0.203. The highest BCUT2D eigenvalue weighted by molar-refractivity contribution is 5.54. The van der Waals surface area contributed by atoms with Gasteiger partial charge in [0.05, 0.1) is 18.4 Å². The molecule has 0 radical (unpaired) electrons. The van der Waals surface area contributed by atoms with Crippen LogP contribution in [0.15, 0.2) is 12.3 Å². The molecule has 3 rings (SSSR count). The summed E-state index contributed by atoms with van der Waals surface area (Å²) < 4.78 is 13.2. The zero-order chi connectivity index (χ0) is 14.8. The molecule has 2 saturated heterocycles. The van der Waals surface area contributed by atoms with Crippen LogP contribution in [0.2, 0.25) is 0 Å². The van der Waals surface area contributed by atoms with Gasteiger partial charge in [-0.15, -0.1) is 0 Å². The minimum atomic E-state index is -0.480. The van der Waals surface area contributed by atoms with Crippen molar-refractivity contribution in [1.29, 1.82) is 5.26 Å². The molecule has 0 saturated carbocycles. The molecule has 112 valence electrons. The van der Waals surface area contributed by atoms with Crippen molar-refractivity contribution in [3.63, 3.8) is 0 Å². The Hall–Kier alpha value is -1.71. The van der Waals surface area contributed by atoms with E-state index >= 15 is 0 Å². The quantitative estimate of drug-likeness (QED) is 0.884. The standard InChI is InChI=1S/C15H19FN4O/c16-12-6-11(7-17)15(18-8-12)19-4-5-20-13(9-19)2-1-3-14(20)10-21/h6,8,13-14,21H,1-5,9-10H2. The summed E-state index contributed by atoms with van der Waals surface area (Å²) in [5.41, 5.74) is 0.290. The Morgan fingerprint density at radius 1 is 1.43 bits per heavy atom. The molecular formula is C15H19FN4O. The molecular weight excluding hydrogens is 271 g/mol. The molecule has 1 aromatic rings. The number of aliphatic hydroxyl groups is 1. The maximum Gasteiger partial charge on any atom is 0.146 e. The molecule has 0 bridgehead atoms. The molecule has 3 heterocycles. The Bertz CT molecular complexity index is 559. The van der Waals surface area contributed by atoms with Crippen molar-refractivity contribution in [1.82, 2.24) is 9.88 Å². The number of halogens is 1. The first-order valence-corrected chi connectivity index (χ1v) is 7.40. The Balaban J connectivity index is 1.79. The third-order valence-corrected chi connectivity index (χ3v) is 4.54. The number of anilines is 1. The van der Waals surface area contributed by atoms with Crippen LogP contribution in [-0.4, -0.2) is 53.3 Å². The number of pyridine rings is 1. The summed E-state index contributed by atoms with van der Waals surface area (Å²) in [6.45, 7) is 2.58. The first-order valence-electron chi connectivity index (χ1n) is 7.40. The van der Waals surface area contributed by atoms with E-state index in [2.05, 4.69) is 14.8 Å². The smallest absolute Gasteiger partial charge is 0.146 e. The molecule has 6 heteroatoms. The van der Waals surface area contributed by atoms with Gasteiger partial charge in [0, 0.05) is 31.7 Å². The van der Waals surface area contributed by atoms with E-state index in [1.807, 2.05) is 6.07 Å². The Morgan fingerprint density at radius 2 is 2.29 bits per heavy atom. The zero-order valence-corrected chi connectivity index (χ0v) is 11.9. The Kier molecular flexibility index (Phi) is 4.04. The number of nitrogens with zero attached hydrogens (tertiary/aromatic N) is 4. The summed E-state index contributed by atoms with van der Waals surface area (Å²) in [6, 6.07) is 3.90. The van der Waals surface area contributed by atoms with Crippen LogP contribution in [0.25, 0.3) is 0 Å². The second kappa shape index (κ2) is 5.96. The van der Waals surface area contributed by atoms with Gasteiger partial charge in [0.15, 0.2) is 0 Å². The summed E-state index contributed by atoms with van der Waals surface area (Å²) in [4.78, 5) is 8.55. The van der Waals surface area contributed by atoms with Crippen LogP contribution in [0.4, 0.5) is 10.2 Å². The number of piperidine rings is 1. The monoisotopic (exact) mass is 290 g/mol. The van der Waals surface area contributed by atoms with E-state index in [9.17, 15) is 9.50 Å². The number of fused-ring (bicyclic) bond motifs is 1. The number of hydrogen-bond donors (Lipinski definition) is 1. The molecule has 5 nitrogen and oxygen atoms in total. The number of aliphatic hydroxyl groups excluding tert-OH is 1. The molecule has 2 atom stereocenters. The van der Waals surface area contributed by atoms with Crippen molar-refractivity contribution in [3.8, 4) is 6.07 Å². The van der Waals surface area contributed by atoms with Crippen molar-refractivity contribution >= 4 is 5.82 Å². The van der Waals surface area contributed by atoms with E-state index in [4.69, 9.17) is 5.26 Å². The van der Waals surface area contributed by atoms with Gasteiger partial charge in [0.1, 0.15) is 17.7 Å². The molecule has 21 heavy (non-hydrogen) atoms. The van der Waals surface area contributed by atoms with Crippen LogP contribution < -0.4 is 4.90 Å². The molecule has 1 aromatic heterocycles. The molecule has 2 unspecified atom stereocenters. The number of nitriles is 1. The SMILES string of the molecule is N#Cc1cc(F)cnc1N1CCN2C(CO)CCCC2C1. The minimum Gasteiger partial charge on any atom is -0.395 e. The van der Waals surface area contributed by atoms with Crippen LogP contribution in [0.1, 0.15) is 24.8 Å². The molecule has 2 aliphatic rings. The summed E-state index contributed by atoms with van der Waals surface area (Å²) in [7, 11) is 0. The number of hydrogen-bond acceptors (Lipinski definition) is 5. The van der Waals surface area contributed by atoms with Gasteiger partial charge in [-0.05, 0) is 18.9 Å². The van der Waals surface area contributed by atoms with Crippen molar-refractivity contribution in [2.75, 3.05) is 31.1 Å². The Labute approximate surface area is 123 Å². The maximum absolute atomic E-state index is 13.2. The Morgan fingerprint density at radius 3 is 3.05 bits per heavy atom. The molecule has 0 aliphatic carbocycles. The number of rotatable bonds is 2. The summed E-state index contributed by atoms with van der Waals surface area (Å²) in [5.74, 6) is 0.0941. The lowest BCUT2D eigenvalue weighted by molar-refractivity contribution is 0.0369. The second-order valence-electron chi connectivity index (χ2n) is 5.74. The number of aromatic nitrogens is 1. The van der Waals surface area contributed by atoms with Gasteiger partial charge in [-0.2, -0.15) is 5.26 Å². The van der Waals surface area contributed by atoms with Gasteiger partial charge in [0.2, 0.25) is 0 Å². The average Bonchev–Trinajstić information content (AvgIpc) is 2.53. The lowest BCUT2D eigenvalue weighted by atomic mass is 9.93. The maximum atomic E-state index is 13.2. The molecule has 0 aromatic carbocycles. The lowest BCUT2D eigenvalue weighted by Gasteiger charge is -2.48. The third kappa shape index (κ3) is 2.71.